The summed E-state index contributed by atoms with van der Waals surface area (Å²) in [4.78, 5) is 14.4. The minimum Gasteiger partial charge on any atom is -0.497 e. The first-order valence-electron chi connectivity index (χ1n) is 10.6. The molecule has 1 amide bonds. The lowest BCUT2D eigenvalue weighted by Gasteiger charge is -2.25. The van der Waals surface area contributed by atoms with Crippen LogP contribution in [0.1, 0.15) is 24.2 Å². The third-order valence-electron chi connectivity index (χ3n) is 5.21. The molecule has 0 spiro atoms. The van der Waals surface area contributed by atoms with Crippen LogP contribution in [-0.4, -0.2) is 34.5 Å². The van der Waals surface area contributed by atoms with Crippen molar-refractivity contribution in [3.8, 4) is 5.75 Å². The number of rotatable bonds is 9. The molecule has 186 valence electrons. The first-order valence-corrected chi connectivity index (χ1v) is 12.5. The molecule has 0 bridgehead atoms. The number of carbonyl (C=O) groups excluding carboxylic acids is 1. The fourth-order valence-corrected chi connectivity index (χ4v) is 4.94. The van der Waals surface area contributed by atoms with Gasteiger partial charge in [0.25, 0.3) is 15.9 Å². The summed E-state index contributed by atoms with van der Waals surface area (Å²) in [7, 11) is -2.59. The Morgan fingerprint density at radius 1 is 0.971 bits per heavy atom. The van der Waals surface area contributed by atoms with E-state index in [1.807, 2.05) is 18.7 Å². The Bertz CT molecular complexity index is 1330. The zero-order valence-corrected chi connectivity index (χ0v) is 20.8. The Morgan fingerprint density at radius 3 is 2.17 bits per heavy atom. The van der Waals surface area contributed by atoms with Gasteiger partial charge in [0.05, 0.1) is 23.4 Å². The summed E-state index contributed by atoms with van der Waals surface area (Å²) in [5.41, 5.74) is 0.583. The zero-order chi connectivity index (χ0) is 25.8. The maximum atomic E-state index is 13.6. The largest absolute Gasteiger partial charge is 0.497 e. The molecular weight excluding hydrogens is 500 g/mol. The third-order valence-corrected chi connectivity index (χ3v) is 6.93. The number of hydrogen-bond donors (Lipinski definition) is 2. The Hall–Kier alpha value is -3.37. The lowest BCUT2D eigenvalue weighted by Crippen LogP contribution is -2.26. The van der Waals surface area contributed by atoms with Crippen molar-refractivity contribution in [1.29, 1.82) is 0 Å². The van der Waals surface area contributed by atoms with Crippen molar-refractivity contribution >= 4 is 44.6 Å². The van der Waals surface area contributed by atoms with Crippen molar-refractivity contribution in [3.05, 3.63) is 76.8 Å². The smallest absolute Gasteiger partial charge is 0.264 e. The molecule has 0 aliphatic heterocycles. The van der Waals surface area contributed by atoms with Crippen LogP contribution in [0.3, 0.4) is 0 Å². The van der Waals surface area contributed by atoms with E-state index >= 15 is 0 Å². The Kier molecular flexibility index (Phi) is 8.18. The van der Waals surface area contributed by atoms with Gasteiger partial charge in [-0.2, -0.15) is 0 Å². The Labute approximate surface area is 207 Å². The predicted octanol–water partition coefficient (Wildman–Crippen LogP) is 5.53. The second-order valence-electron chi connectivity index (χ2n) is 7.39. The molecule has 2 N–H and O–H groups in total. The quantitative estimate of drug-likeness (QED) is 0.360. The fraction of sp³-hybridized carbons (Fsp3) is 0.208. The van der Waals surface area contributed by atoms with Crippen LogP contribution in [0.2, 0.25) is 5.02 Å². The molecule has 11 heteroatoms. The highest BCUT2D eigenvalue weighted by Gasteiger charge is 2.23. The maximum absolute atomic E-state index is 13.6. The average Bonchev–Trinajstić information content (AvgIpc) is 2.83. The molecular formula is C24H24ClF2N3O4S. The minimum atomic E-state index is -4.09. The van der Waals surface area contributed by atoms with Gasteiger partial charge in [-0.25, -0.2) is 17.2 Å². The zero-order valence-electron chi connectivity index (χ0n) is 19.2. The van der Waals surface area contributed by atoms with Gasteiger partial charge in [0.1, 0.15) is 10.6 Å². The van der Waals surface area contributed by atoms with Gasteiger partial charge in [-0.3, -0.25) is 9.52 Å². The summed E-state index contributed by atoms with van der Waals surface area (Å²) in [6.07, 6.45) is 0. The minimum absolute atomic E-state index is 0.0776. The highest BCUT2D eigenvalue weighted by Crippen LogP contribution is 2.31. The molecule has 0 heterocycles. The van der Waals surface area contributed by atoms with Crippen molar-refractivity contribution < 1.29 is 26.7 Å². The number of halogens is 3. The highest BCUT2D eigenvalue weighted by molar-refractivity contribution is 7.92. The molecule has 3 rings (SSSR count). The number of benzene rings is 3. The number of carbonyl (C=O) groups is 1. The van der Waals surface area contributed by atoms with Crippen LogP contribution in [0.15, 0.2) is 59.5 Å². The van der Waals surface area contributed by atoms with Crippen LogP contribution in [0.25, 0.3) is 0 Å². The lowest BCUT2D eigenvalue weighted by molar-refractivity contribution is 0.102. The summed E-state index contributed by atoms with van der Waals surface area (Å²) < 4.78 is 61.4. The van der Waals surface area contributed by atoms with Crippen LogP contribution in [-0.2, 0) is 10.0 Å². The van der Waals surface area contributed by atoms with E-state index in [4.69, 9.17) is 16.3 Å². The van der Waals surface area contributed by atoms with Gasteiger partial charge in [0.2, 0.25) is 0 Å². The number of amides is 1. The molecule has 7 nitrogen and oxygen atoms in total. The number of nitrogens with zero attached hydrogens (tertiary/aromatic N) is 1. The predicted molar refractivity (Wildman–Crippen MR) is 133 cm³/mol. The van der Waals surface area contributed by atoms with Crippen LogP contribution < -0.4 is 19.7 Å². The average molecular weight is 524 g/mol. The van der Waals surface area contributed by atoms with Crippen molar-refractivity contribution in [1.82, 2.24) is 0 Å². The van der Waals surface area contributed by atoms with E-state index in [0.29, 0.717) is 42.3 Å². The van der Waals surface area contributed by atoms with Crippen LogP contribution in [0, 0.1) is 11.6 Å². The first kappa shape index (κ1) is 26.2. The monoisotopic (exact) mass is 523 g/mol. The molecule has 0 aliphatic carbocycles. The Morgan fingerprint density at radius 2 is 1.57 bits per heavy atom. The third kappa shape index (κ3) is 6.01. The van der Waals surface area contributed by atoms with Gasteiger partial charge in [-0.05, 0) is 68.4 Å². The van der Waals surface area contributed by atoms with E-state index in [2.05, 4.69) is 10.0 Å². The first-order chi connectivity index (χ1) is 16.6. The number of methoxy groups -OCH3 is 1. The van der Waals surface area contributed by atoms with E-state index in [1.165, 1.54) is 19.2 Å². The summed E-state index contributed by atoms with van der Waals surface area (Å²) in [5, 5.41) is 2.22. The van der Waals surface area contributed by atoms with Gasteiger partial charge in [-0.1, -0.05) is 11.6 Å². The van der Waals surface area contributed by atoms with Gasteiger partial charge >= 0.3 is 0 Å². The topological polar surface area (TPSA) is 87.7 Å². The maximum Gasteiger partial charge on any atom is 0.264 e. The number of anilines is 3. The van der Waals surface area contributed by atoms with E-state index in [9.17, 15) is 22.0 Å². The molecule has 0 atom stereocenters. The summed E-state index contributed by atoms with van der Waals surface area (Å²) in [5.74, 6) is -2.68. The van der Waals surface area contributed by atoms with Gasteiger partial charge in [-0.15, -0.1) is 0 Å². The summed E-state index contributed by atoms with van der Waals surface area (Å²) in [6, 6.07) is 12.1. The number of sulfonamides is 1. The molecule has 0 saturated heterocycles. The molecule has 0 aliphatic rings. The fourth-order valence-electron chi connectivity index (χ4n) is 3.40. The lowest BCUT2D eigenvalue weighted by atomic mass is 10.2. The second-order valence-corrected chi connectivity index (χ2v) is 9.45. The molecule has 0 saturated carbocycles. The molecule has 3 aromatic rings. The van der Waals surface area contributed by atoms with Crippen LogP contribution in [0.4, 0.5) is 25.8 Å². The SMILES string of the molecule is CCN(CC)c1ccc(NC(=O)c2cc(F)c(F)cc2Cl)cc1S(=O)(=O)Nc1ccc(OC)cc1. The Balaban J connectivity index is 2.00. The van der Waals surface area contributed by atoms with Crippen molar-refractivity contribution in [2.45, 2.75) is 18.7 Å². The molecule has 0 unspecified atom stereocenters. The highest BCUT2D eigenvalue weighted by atomic mass is 35.5. The van der Waals surface area contributed by atoms with E-state index < -0.39 is 27.6 Å². The van der Waals surface area contributed by atoms with Gasteiger partial charge in [0, 0.05) is 24.5 Å². The normalized spacial score (nSPS) is 11.1. The van der Waals surface area contributed by atoms with E-state index in [-0.39, 0.29) is 21.2 Å². The molecule has 35 heavy (non-hydrogen) atoms. The standard InChI is InChI=1S/C24H24ClF2N3O4S/c1-4-30(5-2)22-11-8-16(28-24(31)18-13-20(26)21(27)14-19(18)25)12-23(22)35(32,33)29-15-6-9-17(34-3)10-7-15/h6-14,29H,4-5H2,1-3H3,(H,28,31). The molecule has 0 radical (unpaired) electrons. The van der Waals surface area contributed by atoms with Gasteiger partial charge in [0.15, 0.2) is 11.6 Å². The molecule has 3 aromatic carbocycles. The van der Waals surface area contributed by atoms with Crippen molar-refractivity contribution in [2.75, 3.05) is 35.1 Å². The number of hydrogen-bond acceptors (Lipinski definition) is 5. The van der Waals surface area contributed by atoms with Crippen LogP contribution in [0.5, 0.6) is 5.75 Å². The summed E-state index contributed by atoms with van der Waals surface area (Å²) in [6.45, 7) is 4.85. The van der Waals surface area contributed by atoms with E-state index in [0.717, 1.165) is 0 Å². The van der Waals surface area contributed by atoms with Crippen molar-refractivity contribution in [3.63, 3.8) is 0 Å². The molecule has 0 fully saturated rings. The second kappa shape index (κ2) is 10.9. The number of nitrogens with one attached hydrogen (secondary N) is 2. The van der Waals surface area contributed by atoms with Crippen LogP contribution >= 0.6 is 11.6 Å². The number of ether oxygens (including phenoxy) is 1. The van der Waals surface area contributed by atoms with E-state index in [1.54, 1.807) is 30.3 Å². The van der Waals surface area contributed by atoms with Gasteiger partial charge < -0.3 is 15.0 Å². The van der Waals surface area contributed by atoms with Crippen molar-refractivity contribution in [2.24, 2.45) is 0 Å². The summed E-state index contributed by atoms with van der Waals surface area (Å²) >= 11 is 5.89. The molecule has 0 aromatic heterocycles.